The van der Waals surface area contributed by atoms with Crippen molar-refractivity contribution in [2.75, 3.05) is 24.5 Å². The third kappa shape index (κ3) is 2.90. The number of hydrogen-bond acceptors (Lipinski definition) is 2. The van der Waals surface area contributed by atoms with E-state index in [1.807, 2.05) is 4.90 Å². The van der Waals surface area contributed by atoms with E-state index in [4.69, 9.17) is 17.3 Å². The van der Waals surface area contributed by atoms with Crippen LogP contribution < -0.4 is 10.6 Å². The predicted molar refractivity (Wildman–Crippen MR) is 65.8 cm³/mol. The fourth-order valence-electron chi connectivity index (χ4n) is 2.18. The molecular weight excluding hydrogens is 265 g/mol. The van der Waals surface area contributed by atoms with E-state index in [-0.39, 0.29) is 5.02 Å². The largest absolute Gasteiger partial charge is 0.416 e. The van der Waals surface area contributed by atoms with Crippen LogP contribution in [-0.4, -0.2) is 19.6 Å². The number of halogens is 4. The lowest BCUT2D eigenvalue weighted by Crippen LogP contribution is -2.23. The first-order valence-corrected chi connectivity index (χ1v) is 6.10. The zero-order valence-electron chi connectivity index (χ0n) is 9.67. The summed E-state index contributed by atoms with van der Waals surface area (Å²) in [6.45, 7) is 1.97. The second kappa shape index (κ2) is 4.97. The molecule has 1 aromatic rings. The first kappa shape index (κ1) is 13.5. The molecule has 0 aromatic heterocycles. The quantitative estimate of drug-likeness (QED) is 0.900. The molecule has 2 N–H and O–H groups in total. The van der Waals surface area contributed by atoms with Crippen LogP contribution in [0.2, 0.25) is 5.02 Å². The summed E-state index contributed by atoms with van der Waals surface area (Å²) in [4.78, 5) is 1.90. The van der Waals surface area contributed by atoms with E-state index in [0.717, 1.165) is 25.1 Å². The maximum atomic E-state index is 12.7. The molecule has 2 rings (SSSR count). The molecule has 1 aliphatic rings. The van der Waals surface area contributed by atoms with Gasteiger partial charge in [-0.05, 0) is 37.1 Å². The van der Waals surface area contributed by atoms with E-state index in [2.05, 4.69) is 0 Å². The molecule has 0 bridgehead atoms. The molecule has 6 heteroatoms. The average molecular weight is 279 g/mol. The van der Waals surface area contributed by atoms with Crippen LogP contribution in [0.3, 0.4) is 0 Å². The number of nitrogens with zero attached hydrogens (tertiary/aromatic N) is 1. The molecule has 1 fully saturated rings. The van der Waals surface area contributed by atoms with Crippen LogP contribution in [0.5, 0.6) is 0 Å². The number of benzene rings is 1. The van der Waals surface area contributed by atoms with Gasteiger partial charge < -0.3 is 10.6 Å². The molecule has 0 amide bonds. The molecule has 1 saturated heterocycles. The summed E-state index contributed by atoms with van der Waals surface area (Å²) in [6.07, 6.45) is -3.46. The highest BCUT2D eigenvalue weighted by Gasteiger charge is 2.32. The Balaban J connectivity index is 2.26. The molecule has 1 heterocycles. The molecule has 1 atom stereocenters. The summed E-state index contributed by atoms with van der Waals surface area (Å²) in [5.41, 5.74) is 5.38. The first-order valence-electron chi connectivity index (χ1n) is 5.73. The Morgan fingerprint density at radius 1 is 1.33 bits per heavy atom. The van der Waals surface area contributed by atoms with E-state index in [0.29, 0.717) is 24.7 Å². The number of nitrogens with two attached hydrogens (primary N) is 1. The Bertz CT molecular complexity index is 434. The third-order valence-corrected chi connectivity index (χ3v) is 3.41. The minimum Gasteiger partial charge on any atom is -0.371 e. The number of alkyl halides is 3. The molecule has 18 heavy (non-hydrogen) atoms. The highest BCUT2D eigenvalue weighted by Crippen LogP contribution is 2.35. The average Bonchev–Trinajstić information content (AvgIpc) is 2.75. The maximum Gasteiger partial charge on any atom is 0.416 e. The van der Waals surface area contributed by atoms with Gasteiger partial charge in [-0.2, -0.15) is 13.2 Å². The molecule has 0 spiro atoms. The third-order valence-electron chi connectivity index (χ3n) is 3.19. The van der Waals surface area contributed by atoms with Crippen LogP contribution in [0.1, 0.15) is 12.0 Å². The fourth-order valence-corrected chi connectivity index (χ4v) is 2.41. The van der Waals surface area contributed by atoms with Crippen molar-refractivity contribution >= 4 is 17.3 Å². The van der Waals surface area contributed by atoms with Gasteiger partial charge in [-0.15, -0.1) is 0 Å². The summed E-state index contributed by atoms with van der Waals surface area (Å²) >= 11 is 5.75. The van der Waals surface area contributed by atoms with Crippen molar-refractivity contribution in [3.05, 3.63) is 28.8 Å². The lowest BCUT2D eigenvalue weighted by molar-refractivity contribution is -0.137. The molecule has 0 saturated carbocycles. The fraction of sp³-hybridized carbons (Fsp3) is 0.500. The predicted octanol–water partition coefficient (Wildman–Crippen LogP) is 3.14. The molecule has 0 aliphatic carbocycles. The molecule has 2 nitrogen and oxygen atoms in total. The van der Waals surface area contributed by atoms with E-state index in [1.54, 1.807) is 6.07 Å². The van der Waals surface area contributed by atoms with Gasteiger partial charge >= 0.3 is 6.18 Å². The summed E-state index contributed by atoms with van der Waals surface area (Å²) in [7, 11) is 0. The van der Waals surface area contributed by atoms with Crippen molar-refractivity contribution in [1.29, 1.82) is 0 Å². The van der Waals surface area contributed by atoms with Crippen molar-refractivity contribution in [2.24, 2.45) is 11.7 Å². The molecule has 1 aliphatic heterocycles. The van der Waals surface area contributed by atoms with E-state index in [9.17, 15) is 13.2 Å². The first-order chi connectivity index (χ1) is 8.40. The van der Waals surface area contributed by atoms with Crippen LogP contribution in [0.4, 0.5) is 18.9 Å². The van der Waals surface area contributed by atoms with E-state index in [1.165, 1.54) is 0 Å². The Kier molecular flexibility index (Phi) is 3.73. The molecule has 1 unspecified atom stereocenters. The molecule has 100 valence electrons. The topological polar surface area (TPSA) is 29.3 Å². The second-order valence-corrected chi connectivity index (χ2v) is 4.97. The van der Waals surface area contributed by atoms with Gasteiger partial charge in [-0.1, -0.05) is 11.6 Å². The number of rotatable bonds is 2. The Morgan fingerprint density at radius 2 is 2.06 bits per heavy atom. The van der Waals surface area contributed by atoms with Gasteiger partial charge in [0.2, 0.25) is 0 Å². The van der Waals surface area contributed by atoms with Gasteiger partial charge in [0.15, 0.2) is 0 Å². The van der Waals surface area contributed by atoms with Gasteiger partial charge in [0.25, 0.3) is 0 Å². The van der Waals surface area contributed by atoms with Crippen molar-refractivity contribution in [2.45, 2.75) is 12.6 Å². The Morgan fingerprint density at radius 3 is 2.61 bits per heavy atom. The van der Waals surface area contributed by atoms with Gasteiger partial charge in [0.05, 0.1) is 5.56 Å². The summed E-state index contributed by atoms with van der Waals surface area (Å²) in [5, 5.41) is 0.107. The zero-order valence-corrected chi connectivity index (χ0v) is 10.4. The van der Waals surface area contributed by atoms with Crippen LogP contribution in [0.25, 0.3) is 0 Å². The van der Waals surface area contributed by atoms with Gasteiger partial charge in [-0.25, -0.2) is 0 Å². The number of anilines is 1. The minimum absolute atomic E-state index is 0.107. The smallest absolute Gasteiger partial charge is 0.371 e. The van der Waals surface area contributed by atoms with Crippen LogP contribution in [-0.2, 0) is 6.18 Å². The van der Waals surface area contributed by atoms with Gasteiger partial charge in [-0.3, -0.25) is 0 Å². The highest BCUT2D eigenvalue weighted by molar-refractivity contribution is 6.30. The van der Waals surface area contributed by atoms with Crippen molar-refractivity contribution in [3.8, 4) is 0 Å². The molecular formula is C12H14ClF3N2. The minimum atomic E-state index is -4.37. The monoisotopic (exact) mass is 278 g/mol. The van der Waals surface area contributed by atoms with Gasteiger partial charge in [0.1, 0.15) is 0 Å². The van der Waals surface area contributed by atoms with E-state index >= 15 is 0 Å². The van der Waals surface area contributed by atoms with Crippen LogP contribution in [0.15, 0.2) is 18.2 Å². The lowest BCUT2D eigenvalue weighted by Gasteiger charge is -2.20. The summed E-state index contributed by atoms with van der Waals surface area (Å²) in [5.74, 6) is 0.346. The number of hydrogen-bond donors (Lipinski definition) is 1. The van der Waals surface area contributed by atoms with Crippen LogP contribution >= 0.6 is 11.6 Å². The van der Waals surface area contributed by atoms with Crippen molar-refractivity contribution in [3.63, 3.8) is 0 Å². The highest BCUT2D eigenvalue weighted by atomic mass is 35.5. The Labute approximate surface area is 109 Å². The molecule has 0 radical (unpaired) electrons. The van der Waals surface area contributed by atoms with E-state index < -0.39 is 11.7 Å². The Hall–Kier alpha value is -0.940. The SMILES string of the molecule is NCC1CCN(c2cc(Cl)cc(C(F)(F)F)c2)C1. The summed E-state index contributed by atoms with van der Waals surface area (Å²) < 4.78 is 38.0. The second-order valence-electron chi connectivity index (χ2n) is 4.53. The summed E-state index contributed by atoms with van der Waals surface area (Å²) in [6, 6.07) is 3.65. The van der Waals surface area contributed by atoms with Crippen molar-refractivity contribution < 1.29 is 13.2 Å². The molecule has 1 aromatic carbocycles. The zero-order chi connectivity index (χ0) is 13.3. The van der Waals surface area contributed by atoms with Crippen molar-refractivity contribution in [1.82, 2.24) is 0 Å². The van der Waals surface area contributed by atoms with Gasteiger partial charge in [0, 0.05) is 23.8 Å². The normalized spacial score (nSPS) is 20.5. The standard InChI is InChI=1S/C12H14ClF3N2/c13-10-3-9(12(14,15)16)4-11(5-10)18-2-1-8(6-17)7-18/h3-5,8H,1-2,6-7,17H2. The maximum absolute atomic E-state index is 12.7. The van der Waals surface area contributed by atoms with Crippen LogP contribution in [0, 0.1) is 5.92 Å². The lowest BCUT2D eigenvalue weighted by atomic mass is 10.1.